The van der Waals surface area contributed by atoms with Gasteiger partial charge in [-0.1, -0.05) is 13.8 Å². The van der Waals surface area contributed by atoms with E-state index in [4.69, 9.17) is 4.74 Å². The number of hydrogen-bond donors (Lipinski definition) is 1. The molecule has 2 heterocycles. The van der Waals surface area contributed by atoms with Gasteiger partial charge in [-0.3, -0.25) is 0 Å². The number of nitrogens with one attached hydrogen (secondary N) is 1. The first-order valence-electron chi connectivity index (χ1n) is 6.41. The average molecular weight is 252 g/mol. The highest BCUT2D eigenvalue weighted by molar-refractivity contribution is 7.07. The average Bonchev–Trinajstić information content (AvgIpc) is 2.94. The van der Waals surface area contributed by atoms with Crippen LogP contribution in [0.25, 0.3) is 0 Å². The molecule has 0 bridgehead atoms. The van der Waals surface area contributed by atoms with E-state index in [2.05, 4.69) is 29.5 Å². The minimum Gasteiger partial charge on any atom is -0.377 e. The predicted molar refractivity (Wildman–Crippen MR) is 69.2 cm³/mol. The summed E-state index contributed by atoms with van der Waals surface area (Å²) in [6.45, 7) is 6.62. The van der Waals surface area contributed by atoms with Crippen LogP contribution in [-0.2, 0) is 11.2 Å². The zero-order chi connectivity index (χ0) is 11.9. The normalized spacial score (nSPS) is 34.4. The first kappa shape index (κ1) is 11.6. The molecule has 2 fully saturated rings. The molecule has 1 aromatic heterocycles. The van der Waals surface area contributed by atoms with Crippen molar-refractivity contribution in [1.29, 1.82) is 0 Å². The van der Waals surface area contributed by atoms with Crippen molar-refractivity contribution in [3.63, 3.8) is 0 Å². The van der Waals surface area contributed by atoms with E-state index in [0.717, 1.165) is 25.5 Å². The molecule has 4 heteroatoms. The molecular formula is C13H20N2OS. The molecule has 1 aliphatic carbocycles. The van der Waals surface area contributed by atoms with Crippen LogP contribution in [0.3, 0.4) is 0 Å². The molecular weight excluding hydrogens is 232 g/mol. The smallest absolute Gasteiger partial charge is 0.0794 e. The van der Waals surface area contributed by atoms with Crippen LogP contribution in [0.5, 0.6) is 0 Å². The number of ether oxygens (including phenoxy) is 1. The van der Waals surface area contributed by atoms with Crippen molar-refractivity contribution in [2.24, 2.45) is 11.3 Å². The fourth-order valence-corrected chi connectivity index (χ4v) is 4.05. The Morgan fingerprint density at radius 1 is 1.59 bits per heavy atom. The van der Waals surface area contributed by atoms with Gasteiger partial charge in [0, 0.05) is 42.3 Å². The lowest BCUT2D eigenvalue weighted by molar-refractivity contribution is -0.112. The summed E-state index contributed by atoms with van der Waals surface area (Å²) in [5.74, 6) is 0.737. The molecule has 94 valence electrons. The molecule has 1 aliphatic heterocycles. The van der Waals surface area contributed by atoms with E-state index in [1.165, 1.54) is 12.1 Å². The van der Waals surface area contributed by atoms with E-state index >= 15 is 0 Å². The monoisotopic (exact) mass is 252 g/mol. The first-order chi connectivity index (χ1) is 8.19. The molecule has 0 amide bonds. The van der Waals surface area contributed by atoms with Crippen LogP contribution in [-0.4, -0.2) is 30.3 Å². The van der Waals surface area contributed by atoms with Crippen molar-refractivity contribution < 1.29 is 4.74 Å². The second-order valence-electron chi connectivity index (χ2n) is 5.73. The van der Waals surface area contributed by atoms with E-state index in [-0.39, 0.29) is 0 Å². The number of aromatic nitrogens is 1. The molecule has 3 rings (SSSR count). The van der Waals surface area contributed by atoms with Gasteiger partial charge in [0.2, 0.25) is 0 Å². The Bertz CT molecular complexity index is 377. The van der Waals surface area contributed by atoms with Gasteiger partial charge in [0.1, 0.15) is 0 Å². The lowest BCUT2D eigenvalue weighted by Crippen LogP contribution is -2.66. The van der Waals surface area contributed by atoms with Gasteiger partial charge in [0.15, 0.2) is 0 Å². The largest absolute Gasteiger partial charge is 0.377 e. The molecule has 2 aliphatic rings. The maximum Gasteiger partial charge on any atom is 0.0794 e. The highest BCUT2D eigenvalue weighted by Gasteiger charge is 2.58. The van der Waals surface area contributed by atoms with Crippen LogP contribution in [0.1, 0.15) is 26.0 Å². The second kappa shape index (κ2) is 4.34. The van der Waals surface area contributed by atoms with Crippen LogP contribution >= 0.6 is 11.3 Å². The molecule has 17 heavy (non-hydrogen) atoms. The lowest BCUT2D eigenvalue weighted by atomic mass is 9.57. The van der Waals surface area contributed by atoms with Crippen molar-refractivity contribution in [1.82, 2.24) is 10.3 Å². The zero-order valence-corrected chi connectivity index (χ0v) is 11.3. The van der Waals surface area contributed by atoms with E-state index in [0.29, 0.717) is 17.6 Å². The Hall–Kier alpha value is -0.450. The molecule has 3 unspecified atom stereocenters. The zero-order valence-electron chi connectivity index (χ0n) is 10.5. The van der Waals surface area contributed by atoms with Gasteiger partial charge in [0.25, 0.3) is 0 Å². The van der Waals surface area contributed by atoms with Crippen LogP contribution in [0, 0.1) is 11.3 Å². The number of rotatable bonds is 4. The minimum atomic E-state index is 0.295. The van der Waals surface area contributed by atoms with Crippen molar-refractivity contribution in [3.8, 4) is 0 Å². The number of nitrogens with zero attached hydrogens (tertiary/aromatic N) is 1. The third-order valence-corrected chi connectivity index (χ3v) is 4.96. The predicted octanol–water partition coefficient (Wildman–Crippen LogP) is 2.09. The van der Waals surface area contributed by atoms with E-state index in [1.54, 1.807) is 11.3 Å². The third kappa shape index (κ3) is 1.92. The van der Waals surface area contributed by atoms with Crippen LogP contribution in [0.15, 0.2) is 10.9 Å². The number of hydrogen-bond acceptors (Lipinski definition) is 4. The fourth-order valence-electron chi connectivity index (χ4n) is 3.46. The van der Waals surface area contributed by atoms with Crippen LogP contribution in [0.4, 0.5) is 0 Å². The molecule has 0 spiro atoms. The van der Waals surface area contributed by atoms with Gasteiger partial charge in [-0.05, 0) is 6.42 Å². The summed E-state index contributed by atoms with van der Waals surface area (Å²) in [5, 5.41) is 5.84. The topological polar surface area (TPSA) is 34.2 Å². The summed E-state index contributed by atoms with van der Waals surface area (Å²) in [4.78, 5) is 4.31. The maximum absolute atomic E-state index is 5.80. The summed E-state index contributed by atoms with van der Waals surface area (Å²) < 4.78 is 5.80. The molecule has 1 aromatic rings. The Morgan fingerprint density at radius 2 is 2.47 bits per heavy atom. The van der Waals surface area contributed by atoms with Gasteiger partial charge in [-0.2, -0.15) is 0 Å². The number of thiazole rings is 1. The van der Waals surface area contributed by atoms with E-state index in [9.17, 15) is 0 Å². The van der Waals surface area contributed by atoms with Gasteiger partial charge >= 0.3 is 0 Å². The molecule has 0 radical (unpaired) electrons. The Balaban J connectivity index is 1.52. The highest BCUT2D eigenvalue weighted by atomic mass is 32.1. The molecule has 3 nitrogen and oxygen atoms in total. The fraction of sp³-hybridized carbons (Fsp3) is 0.769. The molecule has 0 aromatic carbocycles. The highest BCUT2D eigenvalue weighted by Crippen LogP contribution is 2.51. The van der Waals surface area contributed by atoms with Gasteiger partial charge < -0.3 is 10.1 Å². The molecule has 1 saturated carbocycles. The first-order valence-corrected chi connectivity index (χ1v) is 7.36. The minimum absolute atomic E-state index is 0.295. The summed E-state index contributed by atoms with van der Waals surface area (Å²) in [6, 6.07) is 0.619. The Kier molecular flexibility index (Phi) is 2.97. The molecule has 1 saturated heterocycles. The van der Waals surface area contributed by atoms with Gasteiger partial charge in [-0.25, -0.2) is 4.98 Å². The van der Waals surface area contributed by atoms with Crippen molar-refractivity contribution in [2.75, 3.05) is 13.2 Å². The van der Waals surface area contributed by atoms with E-state index in [1.807, 2.05) is 5.51 Å². The maximum atomic E-state index is 5.80. The summed E-state index contributed by atoms with van der Waals surface area (Å²) >= 11 is 1.67. The SMILES string of the molecule is CC1(C)C(NCCc2cscn2)C2CCOC21. The second-order valence-corrected chi connectivity index (χ2v) is 6.45. The molecule has 1 N–H and O–H groups in total. The Labute approximate surface area is 107 Å². The summed E-state index contributed by atoms with van der Waals surface area (Å²) in [7, 11) is 0. The van der Waals surface area contributed by atoms with Gasteiger partial charge in [-0.15, -0.1) is 11.3 Å². The summed E-state index contributed by atoms with van der Waals surface area (Å²) in [6.07, 6.45) is 2.75. The summed E-state index contributed by atoms with van der Waals surface area (Å²) in [5.41, 5.74) is 3.41. The van der Waals surface area contributed by atoms with Crippen molar-refractivity contribution in [3.05, 3.63) is 16.6 Å². The van der Waals surface area contributed by atoms with Gasteiger partial charge in [0.05, 0.1) is 17.3 Å². The standard InChI is InChI=1S/C13H20N2OS/c1-13(2)11(10-4-6-16-12(10)13)14-5-3-9-7-17-8-15-9/h7-8,10-12,14H,3-6H2,1-2H3. The molecule has 3 atom stereocenters. The van der Waals surface area contributed by atoms with Crippen molar-refractivity contribution >= 4 is 11.3 Å². The quantitative estimate of drug-likeness (QED) is 0.891. The Morgan fingerprint density at radius 3 is 3.24 bits per heavy atom. The van der Waals surface area contributed by atoms with Crippen LogP contribution < -0.4 is 5.32 Å². The number of fused-ring (bicyclic) bond motifs is 1. The van der Waals surface area contributed by atoms with Crippen molar-refractivity contribution in [2.45, 2.75) is 38.8 Å². The third-order valence-electron chi connectivity index (χ3n) is 4.33. The lowest BCUT2D eigenvalue weighted by Gasteiger charge is -2.55. The van der Waals surface area contributed by atoms with E-state index < -0.39 is 0 Å². The van der Waals surface area contributed by atoms with Crippen LogP contribution in [0.2, 0.25) is 0 Å².